The molecule has 1 amide bonds. The molecule has 0 bridgehead atoms. The summed E-state index contributed by atoms with van der Waals surface area (Å²) in [6.45, 7) is 1.76. The average molecular weight is 360 g/mol. The maximum absolute atomic E-state index is 12.3. The summed E-state index contributed by atoms with van der Waals surface area (Å²) in [5, 5.41) is 14.6. The third-order valence-electron chi connectivity index (χ3n) is 3.47. The Balaban J connectivity index is 1.89. The number of nitrogens with zero attached hydrogens (tertiary/aromatic N) is 2. The Morgan fingerprint density at radius 1 is 1.32 bits per heavy atom. The highest BCUT2D eigenvalue weighted by Gasteiger charge is 2.14. The van der Waals surface area contributed by atoms with Gasteiger partial charge in [-0.1, -0.05) is 11.6 Å². The van der Waals surface area contributed by atoms with Crippen LogP contribution in [0.2, 0.25) is 5.02 Å². The van der Waals surface area contributed by atoms with E-state index >= 15 is 0 Å². The van der Waals surface area contributed by atoms with Crippen LogP contribution in [0.15, 0.2) is 41.3 Å². The fraction of sp³-hybridized carbons (Fsp3) is 0.125. The third kappa shape index (κ3) is 3.86. The second-order valence-electron chi connectivity index (χ2n) is 5.34. The zero-order valence-corrected chi connectivity index (χ0v) is 13.8. The van der Waals surface area contributed by atoms with Gasteiger partial charge in [0.25, 0.3) is 5.56 Å². The minimum Gasteiger partial charge on any atom is -0.465 e. The lowest BCUT2D eigenvalue weighted by molar-refractivity contribution is 0.210. The molecule has 0 saturated carbocycles. The number of H-pyrrole nitrogens is 1. The standard InChI is InChI=1S/C16H14ClN5O3/c1-8(19-13-7-10(4-5-18-13)20-16(24)25)14-15(23)22-11-3-2-9(17)6-12(11)21-14/h2-8H,1H3,(H,22,23)(H,24,25)(H2,18,19,20). The summed E-state index contributed by atoms with van der Waals surface area (Å²) < 4.78 is 0. The second-order valence-corrected chi connectivity index (χ2v) is 5.78. The predicted octanol–water partition coefficient (Wildman–Crippen LogP) is 3.23. The number of amides is 1. The first-order valence-corrected chi connectivity index (χ1v) is 7.72. The maximum Gasteiger partial charge on any atom is 0.409 e. The van der Waals surface area contributed by atoms with E-state index < -0.39 is 12.1 Å². The summed E-state index contributed by atoms with van der Waals surface area (Å²) in [5.41, 5.74) is 1.48. The van der Waals surface area contributed by atoms with Crippen LogP contribution >= 0.6 is 11.6 Å². The van der Waals surface area contributed by atoms with Crippen LogP contribution in [-0.2, 0) is 0 Å². The molecule has 9 heteroatoms. The Hall–Kier alpha value is -3.13. The first kappa shape index (κ1) is 16.7. The third-order valence-corrected chi connectivity index (χ3v) is 3.70. The Labute approximate surface area is 146 Å². The minimum atomic E-state index is -1.17. The summed E-state index contributed by atoms with van der Waals surface area (Å²) >= 11 is 5.97. The Bertz CT molecular complexity index is 1000. The number of rotatable bonds is 4. The molecule has 0 spiro atoms. The molecular formula is C16H14ClN5O3. The van der Waals surface area contributed by atoms with Gasteiger partial charge in [0.2, 0.25) is 0 Å². The fourth-order valence-electron chi connectivity index (χ4n) is 2.36. The highest BCUT2D eigenvalue weighted by atomic mass is 35.5. The molecule has 1 aromatic carbocycles. The highest BCUT2D eigenvalue weighted by molar-refractivity contribution is 6.31. The maximum atomic E-state index is 12.3. The zero-order chi connectivity index (χ0) is 18.0. The van der Waals surface area contributed by atoms with Gasteiger partial charge >= 0.3 is 6.09 Å². The van der Waals surface area contributed by atoms with Gasteiger partial charge in [-0.25, -0.2) is 14.8 Å². The van der Waals surface area contributed by atoms with E-state index in [1.54, 1.807) is 25.1 Å². The predicted molar refractivity (Wildman–Crippen MR) is 95.3 cm³/mol. The van der Waals surface area contributed by atoms with Crippen LogP contribution in [0, 0.1) is 0 Å². The molecule has 0 aliphatic rings. The van der Waals surface area contributed by atoms with E-state index in [1.807, 2.05) is 0 Å². The fourth-order valence-corrected chi connectivity index (χ4v) is 2.53. The van der Waals surface area contributed by atoms with E-state index in [-0.39, 0.29) is 11.3 Å². The molecule has 3 rings (SSSR count). The molecule has 0 saturated heterocycles. The lowest BCUT2D eigenvalue weighted by Gasteiger charge is -2.14. The normalized spacial score (nSPS) is 11.9. The van der Waals surface area contributed by atoms with Crippen LogP contribution in [0.1, 0.15) is 18.7 Å². The molecular weight excluding hydrogens is 346 g/mol. The summed E-state index contributed by atoms with van der Waals surface area (Å²) in [5.74, 6) is 0.408. The molecule has 4 N–H and O–H groups in total. The number of aromatic nitrogens is 3. The van der Waals surface area contributed by atoms with Crippen LogP contribution in [0.4, 0.5) is 16.3 Å². The summed E-state index contributed by atoms with van der Waals surface area (Å²) in [6.07, 6.45) is 0.285. The number of anilines is 2. The van der Waals surface area contributed by atoms with E-state index in [0.29, 0.717) is 27.6 Å². The number of hydrogen-bond donors (Lipinski definition) is 4. The van der Waals surface area contributed by atoms with Gasteiger partial charge in [0.15, 0.2) is 0 Å². The number of halogens is 1. The summed E-state index contributed by atoms with van der Waals surface area (Å²) in [4.78, 5) is 34.2. The van der Waals surface area contributed by atoms with Crippen molar-refractivity contribution in [3.05, 3.63) is 57.6 Å². The van der Waals surface area contributed by atoms with Crippen molar-refractivity contribution in [3.8, 4) is 0 Å². The number of carboxylic acid groups (broad SMARTS) is 1. The number of nitrogens with one attached hydrogen (secondary N) is 3. The van der Waals surface area contributed by atoms with Gasteiger partial charge in [-0.2, -0.15) is 0 Å². The quantitative estimate of drug-likeness (QED) is 0.567. The molecule has 2 heterocycles. The van der Waals surface area contributed by atoms with Gasteiger partial charge in [-0.15, -0.1) is 0 Å². The lowest BCUT2D eigenvalue weighted by Crippen LogP contribution is -2.22. The zero-order valence-electron chi connectivity index (χ0n) is 13.1. The van der Waals surface area contributed by atoms with Crippen molar-refractivity contribution in [3.63, 3.8) is 0 Å². The first-order chi connectivity index (χ1) is 11.9. The van der Waals surface area contributed by atoms with Crippen molar-refractivity contribution >= 4 is 40.2 Å². The van der Waals surface area contributed by atoms with E-state index in [0.717, 1.165) is 0 Å². The van der Waals surface area contributed by atoms with E-state index in [4.69, 9.17) is 16.7 Å². The molecule has 3 aromatic rings. The molecule has 25 heavy (non-hydrogen) atoms. The molecule has 0 aliphatic heterocycles. The van der Waals surface area contributed by atoms with E-state index in [2.05, 4.69) is 25.6 Å². The van der Waals surface area contributed by atoms with Crippen molar-refractivity contribution in [2.24, 2.45) is 0 Å². The van der Waals surface area contributed by atoms with Crippen molar-refractivity contribution in [1.82, 2.24) is 15.0 Å². The number of carbonyl (C=O) groups is 1. The van der Waals surface area contributed by atoms with Gasteiger partial charge < -0.3 is 15.4 Å². The van der Waals surface area contributed by atoms with Crippen LogP contribution in [0.5, 0.6) is 0 Å². The van der Waals surface area contributed by atoms with E-state index in [9.17, 15) is 9.59 Å². The number of aromatic amines is 1. The average Bonchev–Trinajstić information content (AvgIpc) is 2.54. The number of benzene rings is 1. The molecule has 0 fully saturated rings. The molecule has 0 aliphatic carbocycles. The van der Waals surface area contributed by atoms with Crippen LogP contribution in [0.3, 0.4) is 0 Å². The molecule has 128 valence electrons. The minimum absolute atomic E-state index is 0.271. The second kappa shape index (κ2) is 6.78. The van der Waals surface area contributed by atoms with Crippen LogP contribution in [-0.4, -0.2) is 26.2 Å². The Morgan fingerprint density at radius 2 is 2.12 bits per heavy atom. The van der Waals surface area contributed by atoms with Crippen molar-refractivity contribution in [2.45, 2.75) is 13.0 Å². The highest BCUT2D eigenvalue weighted by Crippen LogP contribution is 2.19. The summed E-state index contributed by atoms with van der Waals surface area (Å²) in [6, 6.07) is 7.62. The van der Waals surface area contributed by atoms with Gasteiger partial charge in [0.1, 0.15) is 11.5 Å². The van der Waals surface area contributed by atoms with Gasteiger partial charge in [-0.3, -0.25) is 10.1 Å². The number of hydrogen-bond acceptors (Lipinski definition) is 5. The van der Waals surface area contributed by atoms with Crippen molar-refractivity contribution in [1.29, 1.82) is 0 Å². The molecule has 8 nitrogen and oxygen atoms in total. The van der Waals surface area contributed by atoms with Crippen LogP contribution < -0.4 is 16.2 Å². The summed E-state index contributed by atoms with van der Waals surface area (Å²) in [7, 11) is 0. The number of pyridine rings is 1. The SMILES string of the molecule is CC(Nc1cc(NC(=O)O)ccn1)c1nc2cc(Cl)ccc2[nH]c1=O. The van der Waals surface area contributed by atoms with Crippen LogP contribution in [0.25, 0.3) is 11.0 Å². The smallest absolute Gasteiger partial charge is 0.409 e. The topological polar surface area (TPSA) is 120 Å². The van der Waals surface area contributed by atoms with Gasteiger partial charge in [0, 0.05) is 23.0 Å². The molecule has 0 radical (unpaired) electrons. The van der Waals surface area contributed by atoms with Crippen molar-refractivity contribution < 1.29 is 9.90 Å². The monoisotopic (exact) mass is 359 g/mol. The van der Waals surface area contributed by atoms with Gasteiger partial charge in [-0.05, 0) is 31.2 Å². The largest absolute Gasteiger partial charge is 0.465 e. The van der Waals surface area contributed by atoms with Gasteiger partial charge in [0.05, 0.1) is 17.1 Å². The molecule has 1 atom stereocenters. The van der Waals surface area contributed by atoms with Crippen molar-refractivity contribution in [2.75, 3.05) is 10.6 Å². The molecule has 2 aromatic heterocycles. The number of fused-ring (bicyclic) bond motifs is 1. The Morgan fingerprint density at radius 3 is 2.88 bits per heavy atom. The lowest BCUT2D eigenvalue weighted by atomic mass is 10.2. The Kier molecular flexibility index (Phi) is 4.53. The molecule has 1 unspecified atom stereocenters. The van der Waals surface area contributed by atoms with E-state index in [1.165, 1.54) is 18.3 Å². The first-order valence-electron chi connectivity index (χ1n) is 7.34.